The van der Waals surface area contributed by atoms with Crippen LogP contribution in [0.3, 0.4) is 0 Å². The highest BCUT2D eigenvalue weighted by Crippen LogP contribution is 2.20. The molecule has 0 aromatic heterocycles. The topological polar surface area (TPSA) is 83.5 Å². The van der Waals surface area contributed by atoms with E-state index in [0.29, 0.717) is 0 Å². The van der Waals surface area contributed by atoms with E-state index in [-0.39, 0.29) is 0 Å². The van der Waals surface area contributed by atoms with Crippen molar-refractivity contribution in [2.75, 3.05) is 0 Å². The first kappa shape index (κ1) is 14.4. The first-order valence-corrected chi connectivity index (χ1v) is 6.27. The van der Waals surface area contributed by atoms with Crippen molar-refractivity contribution in [1.82, 2.24) is 4.72 Å². The number of carboxylic acids is 1. The molecule has 90 valence electrons. The summed E-state index contributed by atoms with van der Waals surface area (Å²) in [7, 11) is -3.56. The lowest BCUT2D eigenvalue weighted by molar-refractivity contribution is -0.141. The maximum Gasteiger partial charge on any atom is 0.322 e. The quantitative estimate of drug-likeness (QED) is 0.758. The molecule has 1 unspecified atom stereocenters. The average molecular weight is 237 g/mol. The lowest BCUT2D eigenvalue weighted by atomic mass is 9.88. The number of nitrogens with one attached hydrogen (secondary N) is 1. The normalized spacial score (nSPS) is 15.3. The summed E-state index contributed by atoms with van der Waals surface area (Å²) >= 11 is 0. The Morgan fingerprint density at radius 1 is 1.27 bits per heavy atom. The molecule has 0 radical (unpaired) electrons. The highest BCUT2D eigenvalue weighted by molar-refractivity contribution is 7.90. The Hall–Kier alpha value is -0.620. The molecule has 0 fully saturated rings. The van der Waals surface area contributed by atoms with Gasteiger partial charge in [0.1, 0.15) is 6.04 Å². The smallest absolute Gasteiger partial charge is 0.322 e. The minimum absolute atomic E-state index is 0.637. The number of hydrogen-bond acceptors (Lipinski definition) is 3. The second kappa shape index (κ2) is 4.49. The summed E-state index contributed by atoms with van der Waals surface area (Å²) in [5, 5.41) is 8.29. The van der Waals surface area contributed by atoms with Gasteiger partial charge >= 0.3 is 5.97 Å². The summed E-state index contributed by atoms with van der Waals surface area (Å²) in [4.78, 5) is 10.9. The monoisotopic (exact) mass is 237 g/mol. The molecule has 2 N–H and O–H groups in total. The zero-order valence-corrected chi connectivity index (χ0v) is 10.6. The number of rotatable bonds is 4. The SMILES string of the molecule is CC(C)S(=O)(=O)NC(C(=O)O)C(C)(C)C. The predicted molar refractivity (Wildman–Crippen MR) is 58.1 cm³/mol. The van der Waals surface area contributed by atoms with E-state index in [4.69, 9.17) is 5.11 Å². The van der Waals surface area contributed by atoms with Crippen molar-refractivity contribution in [2.24, 2.45) is 5.41 Å². The van der Waals surface area contributed by atoms with Crippen molar-refractivity contribution in [2.45, 2.75) is 45.9 Å². The first-order chi connectivity index (χ1) is 6.48. The average Bonchev–Trinajstić information content (AvgIpc) is 1.97. The fourth-order valence-corrected chi connectivity index (χ4v) is 1.95. The summed E-state index contributed by atoms with van der Waals surface area (Å²) in [6.07, 6.45) is 0. The first-order valence-electron chi connectivity index (χ1n) is 4.72. The zero-order chi connectivity index (χ0) is 12.4. The van der Waals surface area contributed by atoms with Gasteiger partial charge in [-0.2, -0.15) is 0 Å². The summed E-state index contributed by atoms with van der Waals surface area (Å²) in [6, 6.07) is -1.11. The van der Waals surface area contributed by atoms with Gasteiger partial charge in [-0.05, 0) is 19.3 Å². The van der Waals surface area contributed by atoms with Crippen molar-refractivity contribution in [3.05, 3.63) is 0 Å². The van der Waals surface area contributed by atoms with Gasteiger partial charge in [-0.1, -0.05) is 20.8 Å². The third kappa shape index (κ3) is 4.17. The standard InChI is InChI=1S/C9H19NO4S/c1-6(2)15(13,14)10-7(8(11)12)9(3,4)5/h6-7,10H,1-5H3,(H,11,12). The van der Waals surface area contributed by atoms with Crippen molar-refractivity contribution in [3.8, 4) is 0 Å². The molecule has 0 saturated carbocycles. The van der Waals surface area contributed by atoms with Gasteiger partial charge in [-0.25, -0.2) is 13.1 Å². The van der Waals surface area contributed by atoms with Gasteiger partial charge in [0.2, 0.25) is 10.0 Å². The van der Waals surface area contributed by atoms with Crippen LogP contribution >= 0.6 is 0 Å². The molecule has 6 heteroatoms. The van der Waals surface area contributed by atoms with E-state index >= 15 is 0 Å². The summed E-state index contributed by atoms with van der Waals surface area (Å²) in [6.45, 7) is 8.03. The van der Waals surface area contributed by atoms with Crippen LogP contribution < -0.4 is 4.72 Å². The molecule has 0 aromatic carbocycles. The second-order valence-corrected chi connectivity index (χ2v) is 7.12. The molecule has 0 aliphatic carbocycles. The van der Waals surface area contributed by atoms with Gasteiger partial charge in [0.15, 0.2) is 0 Å². The van der Waals surface area contributed by atoms with Gasteiger partial charge < -0.3 is 5.11 Å². The Bertz CT molecular complexity index is 327. The van der Waals surface area contributed by atoms with Crippen molar-refractivity contribution in [3.63, 3.8) is 0 Å². The Morgan fingerprint density at radius 3 is 1.87 bits per heavy atom. The molecule has 5 nitrogen and oxygen atoms in total. The largest absolute Gasteiger partial charge is 0.480 e. The van der Waals surface area contributed by atoms with Gasteiger partial charge in [0, 0.05) is 0 Å². The van der Waals surface area contributed by atoms with Crippen LogP contribution in [0.15, 0.2) is 0 Å². The van der Waals surface area contributed by atoms with Gasteiger partial charge in [0.05, 0.1) is 5.25 Å². The van der Waals surface area contributed by atoms with E-state index in [1.807, 2.05) is 0 Å². The molecule has 0 rings (SSSR count). The molecule has 0 saturated heterocycles. The van der Waals surface area contributed by atoms with Gasteiger partial charge in [-0.15, -0.1) is 0 Å². The van der Waals surface area contributed by atoms with E-state index in [1.54, 1.807) is 20.8 Å². The highest BCUT2D eigenvalue weighted by atomic mass is 32.2. The maximum absolute atomic E-state index is 11.5. The molecule has 0 heterocycles. The Balaban J connectivity index is 4.97. The molecule has 0 aliphatic rings. The Labute approximate surface area is 90.9 Å². The minimum atomic E-state index is -3.56. The van der Waals surface area contributed by atoms with E-state index in [0.717, 1.165) is 0 Å². The lowest BCUT2D eigenvalue weighted by Gasteiger charge is -2.28. The Morgan fingerprint density at radius 2 is 1.67 bits per heavy atom. The third-order valence-electron chi connectivity index (χ3n) is 2.02. The molecular formula is C9H19NO4S. The molecule has 0 aromatic rings. The van der Waals surface area contributed by atoms with Crippen molar-refractivity contribution < 1.29 is 18.3 Å². The van der Waals surface area contributed by atoms with E-state index in [9.17, 15) is 13.2 Å². The summed E-state index contributed by atoms with van der Waals surface area (Å²) in [5.41, 5.74) is -0.659. The molecule has 0 aliphatic heterocycles. The molecule has 0 bridgehead atoms. The number of carbonyl (C=O) groups is 1. The van der Waals surface area contributed by atoms with Crippen LogP contribution in [-0.2, 0) is 14.8 Å². The highest BCUT2D eigenvalue weighted by Gasteiger charge is 2.35. The summed E-state index contributed by atoms with van der Waals surface area (Å²) in [5.74, 6) is -1.16. The molecule has 1 atom stereocenters. The van der Waals surface area contributed by atoms with Crippen LogP contribution in [0.5, 0.6) is 0 Å². The van der Waals surface area contributed by atoms with Crippen LogP contribution in [0, 0.1) is 5.41 Å². The maximum atomic E-state index is 11.5. The predicted octanol–water partition coefficient (Wildman–Crippen LogP) is 0.813. The molecular weight excluding hydrogens is 218 g/mol. The van der Waals surface area contributed by atoms with Crippen LogP contribution in [0.2, 0.25) is 0 Å². The molecule has 0 amide bonds. The third-order valence-corrected chi connectivity index (χ3v) is 3.82. The van der Waals surface area contributed by atoms with Crippen LogP contribution in [0.25, 0.3) is 0 Å². The van der Waals surface area contributed by atoms with E-state index in [2.05, 4.69) is 4.72 Å². The second-order valence-electron chi connectivity index (χ2n) is 4.85. The van der Waals surface area contributed by atoms with Gasteiger partial charge in [0.25, 0.3) is 0 Å². The van der Waals surface area contributed by atoms with Crippen LogP contribution in [-0.4, -0.2) is 30.8 Å². The summed E-state index contributed by atoms with van der Waals surface area (Å²) < 4.78 is 25.2. The van der Waals surface area contributed by atoms with Crippen LogP contribution in [0.4, 0.5) is 0 Å². The minimum Gasteiger partial charge on any atom is -0.480 e. The van der Waals surface area contributed by atoms with E-state index in [1.165, 1.54) is 13.8 Å². The molecule has 0 spiro atoms. The van der Waals surface area contributed by atoms with Crippen molar-refractivity contribution in [1.29, 1.82) is 0 Å². The number of hydrogen-bond donors (Lipinski definition) is 2. The fourth-order valence-electron chi connectivity index (χ4n) is 0.898. The number of aliphatic carboxylic acids is 1. The van der Waals surface area contributed by atoms with Crippen molar-refractivity contribution >= 4 is 16.0 Å². The molecule has 15 heavy (non-hydrogen) atoms. The zero-order valence-electron chi connectivity index (χ0n) is 9.73. The Kier molecular flexibility index (Phi) is 4.30. The van der Waals surface area contributed by atoms with Crippen LogP contribution in [0.1, 0.15) is 34.6 Å². The number of sulfonamides is 1. The van der Waals surface area contributed by atoms with E-state index < -0.39 is 32.7 Å². The lowest BCUT2D eigenvalue weighted by Crippen LogP contribution is -2.50. The fraction of sp³-hybridized carbons (Fsp3) is 0.889. The number of carboxylic acid groups (broad SMARTS) is 1. The van der Waals surface area contributed by atoms with Gasteiger partial charge in [-0.3, -0.25) is 4.79 Å².